The first kappa shape index (κ1) is 18.3. The van der Waals surface area contributed by atoms with Crippen LogP contribution in [0.2, 0.25) is 0 Å². The molecule has 0 aromatic heterocycles. The maximum atomic E-state index is 11.6. The Hall–Kier alpha value is -1.67. The highest BCUT2D eigenvalue weighted by Crippen LogP contribution is 1.97. The molecule has 8 heteroatoms. The number of carboxylic acids is 1. The van der Waals surface area contributed by atoms with Crippen LogP contribution in [0.1, 0.15) is 33.1 Å². The van der Waals surface area contributed by atoms with Gasteiger partial charge >= 0.3 is 5.97 Å². The predicted molar refractivity (Wildman–Crippen MR) is 71.8 cm³/mol. The lowest BCUT2D eigenvalue weighted by Gasteiger charge is -2.17. The van der Waals surface area contributed by atoms with Crippen molar-refractivity contribution in [3.63, 3.8) is 0 Å². The zero-order chi connectivity index (χ0) is 15.7. The molecule has 0 radical (unpaired) electrons. The number of nitrogens with two attached hydrogens (primary N) is 1. The molecule has 0 spiro atoms. The summed E-state index contributed by atoms with van der Waals surface area (Å²) in [6, 6.07) is -1.48. The lowest BCUT2D eigenvalue weighted by molar-refractivity contribution is -0.137. The summed E-state index contributed by atoms with van der Waals surface area (Å²) in [6.45, 7) is 2.97. The van der Waals surface area contributed by atoms with Crippen molar-refractivity contribution in [2.75, 3.05) is 6.61 Å². The van der Waals surface area contributed by atoms with Crippen molar-refractivity contribution in [2.45, 2.75) is 51.2 Å². The Balaban J connectivity index is 4.01. The third-order valence-corrected chi connectivity index (χ3v) is 2.47. The Bertz CT molecular complexity index is 348. The van der Waals surface area contributed by atoms with Gasteiger partial charge in [0.2, 0.25) is 11.8 Å². The van der Waals surface area contributed by atoms with Gasteiger partial charge in [-0.1, -0.05) is 0 Å². The monoisotopic (exact) mass is 289 g/mol. The average molecular weight is 289 g/mol. The SMILES string of the molecule is C[C@@H](CC(=O)O)NC(=O)C[C@H](C)NC(=O)C[C@@H](N)CO. The van der Waals surface area contributed by atoms with E-state index in [1.165, 1.54) is 0 Å². The molecule has 116 valence electrons. The highest BCUT2D eigenvalue weighted by atomic mass is 16.4. The number of aliphatic hydroxyl groups excluding tert-OH is 1. The van der Waals surface area contributed by atoms with E-state index in [1.54, 1.807) is 13.8 Å². The number of hydrogen-bond acceptors (Lipinski definition) is 5. The van der Waals surface area contributed by atoms with E-state index >= 15 is 0 Å². The van der Waals surface area contributed by atoms with Gasteiger partial charge < -0.3 is 26.6 Å². The second-order valence-corrected chi connectivity index (χ2v) is 4.89. The lowest BCUT2D eigenvalue weighted by Crippen LogP contribution is -2.42. The van der Waals surface area contributed by atoms with Crippen LogP contribution in [-0.2, 0) is 14.4 Å². The summed E-state index contributed by atoms with van der Waals surface area (Å²) in [7, 11) is 0. The van der Waals surface area contributed by atoms with Gasteiger partial charge in [0.05, 0.1) is 13.0 Å². The van der Waals surface area contributed by atoms with Gasteiger partial charge in [0, 0.05) is 31.0 Å². The minimum absolute atomic E-state index is 0.0160. The Morgan fingerprint density at radius 3 is 1.90 bits per heavy atom. The van der Waals surface area contributed by atoms with Crippen LogP contribution in [0, 0.1) is 0 Å². The summed E-state index contributed by atoms with van der Waals surface area (Å²) >= 11 is 0. The van der Waals surface area contributed by atoms with Crippen LogP contribution in [-0.4, -0.2) is 52.7 Å². The number of carboxylic acid groups (broad SMARTS) is 1. The molecule has 0 heterocycles. The third kappa shape index (κ3) is 9.29. The number of aliphatic carboxylic acids is 1. The molecule has 0 saturated carbocycles. The highest BCUT2D eigenvalue weighted by Gasteiger charge is 2.16. The molecule has 0 aliphatic heterocycles. The maximum absolute atomic E-state index is 11.6. The van der Waals surface area contributed by atoms with Crippen molar-refractivity contribution >= 4 is 17.8 Å². The van der Waals surface area contributed by atoms with Gasteiger partial charge in [-0.15, -0.1) is 0 Å². The Morgan fingerprint density at radius 2 is 1.45 bits per heavy atom. The van der Waals surface area contributed by atoms with Crippen molar-refractivity contribution in [3.05, 3.63) is 0 Å². The Labute approximate surface area is 117 Å². The zero-order valence-corrected chi connectivity index (χ0v) is 11.8. The van der Waals surface area contributed by atoms with Crippen LogP contribution in [0.15, 0.2) is 0 Å². The summed E-state index contributed by atoms with van der Waals surface area (Å²) in [6.07, 6.45) is -0.125. The molecule has 0 rings (SSSR count). The van der Waals surface area contributed by atoms with Crippen molar-refractivity contribution in [3.8, 4) is 0 Å². The summed E-state index contributed by atoms with van der Waals surface area (Å²) < 4.78 is 0. The number of rotatable bonds is 9. The fraction of sp³-hybridized carbons (Fsp3) is 0.750. The van der Waals surface area contributed by atoms with Gasteiger partial charge in [-0.25, -0.2) is 0 Å². The Kier molecular flexibility index (Phi) is 8.49. The van der Waals surface area contributed by atoms with Crippen LogP contribution in [0.4, 0.5) is 0 Å². The molecule has 20 heavy (non-hydrogen) atoms. The predicted octanol–water partition coefficient (Wildman–Crippen LogP) is -1.43. The van der Waals surface area contributed by atoms with Crippen molar-refractivity contribution in [1.29, 1.82) is 0 Å². The number of aliphatic hydroxyl groups is 1. The smallest absolute Gasteiger partial charge is 0.305 e. The fourth-order valence-corrected chi connectivity index (χ4v) is 1.61. The summed E-state index contributed by atoms with van der Waals surface area (Å²) in [4.78, 5) is 33.5. The lowest BCUT2D eigenvalue weighted by atomic mass is 10.1. The molecule has 0 unspecified atom stereocenters. The van der Waals surface area contributed by atoms with Gasteiger partial charge in [-0.2, -0.15) is 0 Å². The molecular weight excluding hydrogens is 266 g/mol. The number of nitrogens with one attached hydrogen (secondary N) is 2. The molecule has 2 amide bonds. The van der Waals surface area contributed by atoms with Gasteiger partial charge in [0.25, 0.3) is 0 Å². The van der Waals surface area contributed by atoms with Gasteiger partial charge in [-0.3, -0.25) is 14.4 Å². The van der Waals surface area contributed by atoms with Crippen LogP contribution in [0.5, 0.6) is 0 Å². The quantitative estimate of drug-likeness (QED) is 0.352. The molecular formula is C12H23N3O5. The normalized spacial score (nSPS) is 15.0. The summed E-state index contributed by atoms with van der Waals surface area (Å²) in [5.41, 5.74) is 5.42. The number of carbonyl (C=O) groups excluding carboxylic acids is 2. The minimum Gasteiger partial charge on any atom is -0.481 e. The van der Waals surface area contributed by atoms with Gasteiger partial charge in [0.1, 0.15) is 0 Å². The first-order valence-electron chi connectivity index (χ1n) is 6.41. The van der Waals surface area contributed by atoms with Crippen LogP contribution in [0.25, 0.3) is 0 Å². The molecule has 6 N–H and O–H groups in total. The van der Waals surface area contributed by atoms with E-state index < -0.39 is 24.1 Å². The van der Waals surface area contributed by atoms with E-state index in [4.69, 9.17) is 15.9 Å². The maximum Gasteiger partial charge on any atom is 0.305 e. The molecule has 0 bridgehead atoms. The summed E-state index contributed by atoms with van der Waals surface area (Å²) in [5.74, 6) is -1.67. The topological polar surface area (TPSA) is 142 Å². The molecule has 0 aliphatic rings. The van der Waals surface area contributed by atoms with Crippen molar-refractivity contribution < 1.29 is 24.6 Å². The van der Waals surface area contributed by atoms with Crippen molar-refractivity contribution in [2.24, 2.45) is 5.73 Å². The third-order valence-electron chi connectivity index (χ3n) is 2.47. The van der Waals surface area contributed by atoms with E-state index in [2.05, 4.69) is 10.6 Å². The highest BCUT2D eigenvalue weighted by molar-refractivity contribution is 5.80. The Morgan fingerprint density at radius 1 is 1.00 bits per heavy atom. The largest absolute Gasteiger partial charge is 0.481 e. The molecule has 3 atom stereocenters. The van der Waals surface area contributed by atoms with E-state index in [0.29, 0.717) is 0 Å². The molecule has 0 aliphatic carbocycles. The minimum atomic E-state index is -0.989. The average Bonchev–Trinajstić information content (AvgIpc) is 2.26. The summed E-state index contributed by atoms with van der Waals surface area (Å²) in [5, 5.41) is 22.4. The zero-order valence-electron chi connectivity index (χ0n) is 11.8. The van der Waals surface area contributed by atoms with Crippen LogP contribution < -0.4 is 16.4 Å². The van der Waals surface area contributed by atoms with Crippen LogP contribution >= 0.6 is 0 Å². The molecule has 8 nitrogen and oxygen atoms in total. The second kappa shape index (κ2) is 9.27. The standard InChI is InChI=1S/C12H23N3O5/c1-7(14-11(18)5-9(13)6-16)3-10(17)15-8(2)4-12(19)20/h7-9,16H,3-6,13H2,1-2H3,(H,14,18)(H,15,17)(H,19,20)/t7-,8-,9+/m0/s1. The first-order chi connectivity index (χ1) is 9.24. The molecule has 0 aromatic carbocycles. The van der Waals surface area contributed by atoms with E-state index in [-0.39, 0.29) is 37.7 Å². The number of amides is 2. The van der Waals surface area contributed by atoms with Crippen LogP contribution in [0.3, 0.4) is 0 Å². The molecule has 0 fully saturated rings. The fourth-order valence-electron chi connectivity index (χ4n) is 1.61. The van der Waals surface area contributed by atoms with E-state index in [9.17, 15) is 14.4 Å². The molecule has 0 aromatic rings. The van der Waals surface area contributed by atoms with Gasteiger partial charge in [0.15, 0.2) is 0 Å². The molecule has 0 saturated heterocycles. The number of carbonyl (C=O) groups is 3. The van der Waals surface area contributed by atoms with E-state index in [1.807, 2.05) is 0 Å². The van der Waals surface area contributed by atoms with E-state index in [0.717, 1.165) is 0 Å². The number of hydrogen-bond donors (Lipinski definition) is 5. The second-order valence-electron chi connectivity index (χ2n) is 4.89. The van der Waals surface area contributed by atoms with Crippen molar-refractivity contribution in [1.82, 2.24) is 10.6 Å². The first-order valence-corrected chi connectivity index (χ1v) is 6.41. The van der Waals surface area contributed by atoms with Gasteiger partial charge in [-0.05, 0) is 13.8 Å².